The molecule has 5 heteroatoms. The van der Waals surface area contributed by atoms with Gasteiger partial charge >= 0.3 is 0 Å². The van der Waals surface area contributed by atoms with Gasteiger partial charge in [0.2, 0.25) is 0 Å². The average Bonchev–Trinajstić information content (AvgIpc) is 2.35. The second-order valence-corrected chi connectivity index (χ2v) is 5.95. The van der Waals surface area contributed by atoms with Gasteiger partial charge in [-0.2, -0.15) is 0 Å². The molecule has 2 aromatic rings. The van der Waals surface area contributed by atoms with Crippen LogP contribution in [0.25, 0.3) is 0 Å². The Kier molecular flexibility index (Phi) is 4.14. The van der Waals surface area contributed by atoms with Crippen LogP contribution in [0.15, 0.2) is 51.8 Å². The Morgan fingerprint density at radius 3 is 2.61 bits per heavy atom. The summed E-state index contributed by atoms with van der Waals surface area (Å²) in [6, 6.07) is 11.7. The summed E-state index contributed by atoms with van der Waals surface area (Å²) in [5.74, 6) is -0.127. The summed E-state index contributed by atoms with van der Waals surface area (Å²) < 4.78 is 25.9. The van der Waals surface area contributed by atoms with Crippen molar-refractivity contribution >= 4 is 32.4 Å². The van der Waals surface area contributed by atoms with Gasteiger partial charge in [-0.05, 0) is 39.7 Å². The van der Waals surface area contributed by atoms with Gasteiger partial charge in [0, 0.05) is 5.69 Å². The molecular weight excluding hydrogens is 317 g/mol. The molecule has 0 fully saturated rings. The standard InChI is InChI=1S/C13H11BrFNOS/c14-13-9(4-3-5-10(13)15)8-18(17)12-7-2-1-6-11(12)16/h1-7H,8,16H2. The molecule has 0 amide bonds. The summed E-state index contributed by atoms with van der Waals surface area (Å²) >= 11 is 3.16. The third kappa shape index (κ3) is 2.79. The van der Waals surface area contributed by atoms with Crippen molar-refractivity contribution in [3.05, 3.63) is 58.3 Å². The summed E-state index contributed by atoms with van der Waals surface area (Å²) in [5.41, 5.74) is 6.92. The van der Waals surface area contributed by atoms with E-state index >= 15 is 0 Å². The Hall–Kier alpha value is -1.20. The lowest BCUT2D eigenvalue weighted by Crippen LogP contribution is -2.01. The van der Waals surface area contributed by atoms with Gasteiger partial charge in [0.1, 0.15) is 5.82 Å². The van der Waals surface area contributed by atoms with Crippen LogP contribution in [-0.2, 0) is 16.6 Å². The maximum Gasteiger partial charge on any atom is 0.137 e. The van der Waals surface area contributed by atoms with Gasteiger partial charge in [0.25, 0.3) is 0 Å². The zero-order chi connectivity index (χ0) is 13.1. The van der Waals surface area contributed by atoms with Crippen LogP contribution in [-0.4, -0.2) is 4.21 Å². The van der Waals surface area contributed by atoms with Crippen molar-refractivity contribution < 1.29 is 8.60 Å². The molecular formula is C13H11BrFNOS. The minimum absolute atomic E-state index is 0.229. The molecule has 0 saturated carbocycles. The normalized spacial score (nSPS) is 12.3. The molecule has 1 unspecified atom stereocenters. The molecule has 0 aliphatic rings. The lowest BCUT2D eigenvalue weighted by molar-refractivity contribution is 0.619. The van der Waals surface area contributed by atoms with Crippen LogP contribution in [0.1, 0.15) is 5.56 Å². The lowest BCUT2D eigenvalue weighted by atomic mass is 10.2. The predicted molar refractivity (Wildman–Crippen MR) is 75.1 cm³/mol. The largest absolute Gasteiger partial charge is 0.398 e. The molecule has 18 heavy (non-hydrogen) atoms. The molecule has 0 spiro atoms. The van der Waals surface area contributed by atoms with Crippen LogP contribution in [0.5, 0.6) is 0 Å². The number of rotatable bonds is 3. The number of benzene rings is 2. The van der Waals surface area contributed by atoms with E-state index in [9.17, 15) is 8.60 Å². The maximum atomic E-state index is 13.3. The van der Waals surface area contributed by atoms with Gasteiger partial charge in [0.05, 0.1) is 25.9 Å². The van der Waals surface area contributed by atoms with E-state index in [1.807, 2.05) is 0 Å². The van der Waals surface area contributed by atoms with Crippen LogP contribution >= 0.6 is 15.9 Å². The van der Waals surface area contributed by atoms with Crippen LogP contribution in [0.2, 0.25) is 0 Å². The molecule has 0 bridgehead atoms. The van der Waals surface area contributed by atoms with Crippen LogP contribution in [0.3, 0.4) is 0 Å². The van der Waals surface area contributed by atoms with Crippen molar-refractivity contribution in [1.29, 1.82) is 0 Å². The molecule has 2 N–H and O–H groups in total. The second kappa shape index (κ2) is 5.63. The summed E-state index contributed by atoms with van der Waals surface area (Å²) in [6.45, 7) is 0. The van der Waals surface area contributed by atoms with E-state index in [0.717, 1.165) is 0 Å². The van der Waals surface area contributed by atoms with Gasteiger partial charge in [-0.15, -0.1) is 0 Å². The van der Waals surface area contributed by atoms with Crippen molar-refractivity contribution in [3.63, 3.8) is 0 Å². The number of halogens is 2. The Bertz CT molecular complexity index is 603. The first-order valence-electron chi connectivity index (χ1n) is 5.25. The van der Waals surface area contributed by atoms with E-state index in [1.165, 1.54) is 6.07 Å². The van der Waals surface area contributed by atoms with E-state index in [2.05, 4.69) is 15.9 Å². The number of hydrogen-bond donors (Lipinski definition) is 1. The van der Waals surface area contributed by atoms with Gasteiger partial charge in [-0.25, -0.2) is 4.39 Å². The average molecular weight is 328 g/mol. The highest BCUT2D eigenvalue weighted by Crippen LogP contribution is 2.25. The molecule has 1 atom stereocenters. The smallest absolute Gasteiger partial charge is 0.137 e. The van der Waals surface area contributed by atoms with Gasteiger partial charge in [0.15, 0.2) is 0 Å². The Morgan fingerprint density at radius 1 is 1.17 bits per heavy atom. The van der Waals surface area contributed by atoms with Gasteiger partial charge in [-0.1, -0.05) is 24.3 Å². The van der Waals surface area contributed by atoms with Crippen molar-refractivity contribution in [3.8, 4) is 0 Å². The van der Waals surface area contributed by atoms with E-state index in [4.69, 9.17) is 5.73 Å². The first-order valence-corrected chi connectivity index (χ1v) is 7.36. The van der Waals surface area contributed by atoms with Crippen LogP contribution < -0.4 is 5.73 Å². The molecule has 0 heterocycles. The minimum Gasteiger partial charge on any atom is -0.398 e. The molecule has 0 radical (unpaired) electrons. The number of para-hydroxylation sites is 1. The lowest BCUT2D eigenvalue weighted by Gasteiger charge is -2.07. The zero-order valence-electron chi connectivity index (χ0n) is 9.40. The number of nitrogens with two attached hydrogens (primary N) is 1. The molecule has 0 saturated heterocycles. The number of hydrogen-bond acceptors (Lipinski definition) is 2. The second-order valence-electron chi connectivity index (χ2n) is 3.74. The van der Waals surface area contributed by atoms with E-state index < -0.39 is 10.8 Å². The van der Waals surface area contributed by atoms with Crippen molar-refractivity contribution in [2.45, 2.75) is 10.6 Å². The summed E-state index contributed by atoms with van der Waals surface area (Å²) in [4.78, 5) is 0.577. The number of anilines is 1. The Labute approximate surface area is 116 Å². The molecule has 2 aromatic carbocycles. The fourth-order valence-electron chi connectivity index (χ4n) is 1.57. The third-order valence-corrected chi connectivity index (χ3v) is 4.81. The molecule has 0 aliphatic carbocycles. The highest BCUT2D eigenvalue weighted by Gasteiger charge is 2.12. The summed E-state index contributed by atoms with van der Waals surface area (Å²) in [7, 11) is -1.29. The molecule has 2 rings (SSSR count). The summed E-state index contributed by atoms with van der Waals surface area (Å²) in [5, 5.41) is 0. The maximum absolute atomic E-state index is 13.3. The molecule has 94 valence electrons. The first-order chi connectivity index (χ1) is 8.59. The SMILES string of the molecule is Nc1ccccc1S(=O)Cc1cccc(F)c1Br. The van der Waals surface area contributed by atoms with E-state index in [0.29, 0.717) is 20.6 Å². The molecule has 0 aliphatic heterocycles. The molecule has 0 aromatic heterocycles. The Morgan fingerprint density at radius 2 is 1.89 bits per heavy atom. The highest BCUT2D eigenvalue weighted by atomic mass is 79.9. The van der Waals surface area contributed by atoms with Gasteiger partial charge in [-0.3, -0.25) is 4.21 Å². The summed E-state index contributed by atoms with van der Waals surface area (Å²) in [6.07, 6.45) is 0. The minimum atomic E-state index is -1.29. The quantitative estimate of drug-likeness (QED) is 0.877. The highest BCUT2D eigenvalue weighted by molar-refractivity contribution is 9.10. The third-order valence-electron chi connectivity index (χ3n) is 2.48. The van der Waals surface area contributed by atoms with Crippen LogP contribution in [0, 0.1) is 5.82 Å². The first kappa shape index (κ1) is 13.2. The topological polar surface area (TPSA) is 43.1 Å². The number of nitrogen functional groups attached to an aromatic ring is 1. The zero-order valence-corrected chi connectivity index (χ0v) is 11.8. The molecule has 2 nitrogen and oxygen atoms in total. The van der Waals surface area contributed by atoms with Crippen molar-refractivity contribution in [2.24, 2.45) is 0 Å². The predicted octanol–water partition coefficient (Wildman–Crippen LogP) is 3.48. The van der Waals surface area contributed by atoms with Crippen molar-refractivity contribution in [2.75, 3.05) is 5.73 Å². The monoisotopic (exact) mass is 327 g/mol. The van der Waals surface area contributed by atoms with Crippen molar-refractivity contribution in [1.82, 2.24) is 0 Å². The van der Waals surface area contributed by atoms with E-state index in [1.54, 1.807) is 36.4 Å². The van der Waals surface area contributed by atoms with Crippen LogP contribution in [0.4, 0.5) is 10.1 Å². The fourth-order valence-corrected chi connectivity index (χ4v) is 3.40. The van der Waals surface area contributed by atoms with Gasteiger partial charge < -0.3 is 5.73 Å². The van der Waals surface area contributed by atoms with E-state index in [-0.39, 0.29) is 11.6 Å². The Balaban J connectivity index is 2.27. The fraction of sp³-hybridized carbons (Fsp3) is 0.0769.